The first-order chi connectivity index (χ1) is 7.51. The fraction of sp³-hybridized carbons (Fsp3) is 0.909. The number of amides is 1. The van der Waals surface area contributed by atoms with Crippen LogP contribution in [0.5, 0.6) is 0 Å². The van der Waals surface area contributed by atoms with Crippen molar-refractivity contribution in [2.24, 2.45) is 5.73 Å². The zero-order valence-corrected chi connectivity index (χ0v) is 11.0. The standard InChI is InChI=1S/C11H26N4O/c1-5-15(8-6-7-14(3)4)9-10(13-2)11(12)16/h10,13H,5-9H2,1-4H3,(H2,12,16). The van der Waals surface area contributed by atoms with Crippen LogP contribution in [-0.2, 0) is 4.79 Å². The van der Waals surface area contributed by atoms with Crippen molar-refractivity contribution in [3.63, 3.8) is 0 Å². The average molecular weight is 230 g/mol. The Hall–Kier alpha value is -0.650. The Kier molecular flexibility index (Phi) is 8.15. The van der Waals surface area contributed by atoms with Gasteiger partial charge in [0, 0.05) is 6.54 Å². The molecule has 0 aliphatic carbocycles. The van der Waals surface area contributed by atoms with E-state index >= 15 is 0 Å². The van der Waals surface area contributed by atoms with E-state index in [1.807, 2.05) is 0 Å². The SMILES string of the molecule is CCN(CCCN(C)C)CC(NC)C(N)=O. The molecule has 16 heavy (non-hydrogen) atoms. The molecule has 0 aromatic heterocycles. The van der Waals surface area contributed by atoms with Crippen molar-refractivity contribution < 1.29 is 4.79 Å². The second-order valence-corrected chi connectivity index (χ2v) is 4.29. The summed E-state index contributed by atoms with van der Waals surface area (Å²) in [6.45, 7) is 5.80. The first-order valence-corrected chi connectivity index (χ1v) is 5.84. The first-order valence-electron chi connectivity index (χ1n) is 5.84. The molecule has 0 bridgehead atoms. The highest BCUT2D eigenvalue weighted by Crippen LogP contribution is 1.95. The molecule has 96 valence electrons. The molecule has 5 nitrogen and oxygen atoms in total. The van der Waals surface area contributed by atoms with Crippen LogP contribution in [0, 0.1) is 0 Å². The summed E-state index contributed by atoms with van der Waals surface area (Å²) in [6, 6.07) is -0.251. The van der Waals surface area contributed by atoms with Gasteiger partial charge in [0.2, 0.25) is 5.91 Å². The number of hydrogen-bond donors (Lipinski definition) is 2. The van der Waals surface area contributed by atoms with Crippen LogP contribution in [0.25, 0.3) is 0 Å². The first kappa shape index (κ1) is 15.3. The quantitative estimate of drug-likeness (QED) is 0.552. The Bertz CT molecular complexity index is 196. The molecule has 0 rings (SSSR count). The highest BCUT2D eigenvalue weighted by molar-refractivity contribution is 5.80. The lowest BCUT2D eigenvalue weighted by molar-refractivity contribution is -0.120. The lowest BCUT2D eigenvalue weighted by Crippen LogP contribution is -2.48. The van der Waals surface area contributed by atoms with Gasteiger partial charge >= 0.3 is 0 Å². The Balaban J connectivity index is 3.93. The third kappa shape index (κ3) is 6.76. The summed E-state index contributed by atoms with van der Waals surface area (Å²) in [5.41, 5.74) is 5.29. The molecule has 0 aromatic rings. The van der Waals surface area contributed by atoms with E-state index in [2.05, 4.69) is 36.1 Å². The number of hydrogen-bond acceptors (Lipinski definition) is 4. The zero-order chi connectivity index (χ0) is 12.6. The molecule has 0 saturated carbocycles. The lowest BCUT2D eigenvalue weighted by atomic mass is 10.2. The van der Waals surface area contributed by atoms with E-state index in [-0.39, 0.29) is 11.9 Å². The van der Waals surface area contributed by atoms with Crippen LogP contribution in [0.4, 0.5) is 0 Å². The molecule has 0 aliphatic rings. The molecule has 5 heteroatoms. The molecule has 0 spiro atoms. The van der Waals surface area contributed by atoms with Crippen LogP contribution < -0.4 is 11.1 Å². The number of carbonyl (C=O) groups excluding carboxylic acids is 1. The minimum absolute atomic E-state index is 0.251. The number of carbonyl (C=O) groups is 1. The molecule has 1 atom stereocenters. The van der Waals surface area contributed by atoms with Gasteiger partial charge in [-0.05, 0) is 47.2 Å². The maximum Gasteiger partial charge on any atom is 0.235 e. The lowest BCUT2D eigenvalue weighted by Gasteiger charge is -2.25. The van der Waals surface area contributed by atoms with Gasteiger partial charge in [-0.1, -0.05) is 6.92 Å². The summed E-state index contributed by atoms with van der Waals surface area (Å²) in [5, 5.41) is 2.94. The minimum atomic E-state index is -0.284. The van der Waals surface area contributed by atoms with Gasteiger partial charge in [0.05, 0.1) is 6.04 Å². The summed E-state index contributed by atoms with van der Waals surface area (Å²) in [5.74, 6) is -0.284. The summed E-state index contributed by atoms with van der Waals surface area (Å²) in [7, 11) is 5.90. The number of nitrogens with two attached hydrogens (primary N) is 1. The van der Waals surface area contributed by atoms with E-state index in [4.69, 9.17) is 5.73 Å². The minimum Gasteiger partial charge on any atom is -0.368 e. The van der Waals surface area contributed by atoms with Gasteiger partial charge in [-0.2, -0.15) is 0 Å². The second-order valence-electron chi connectivity index (χ2n) is 4.29. The molecule has 0 fully saturated rings. The van der Waals surface area contributed by atoms with E-state index in [0.29, 0.717) is 6.54 Å². The van der Waals surface area contributed by atoms with Gasteiger partial charge in [-0.25, -0.2) is 0 Å². The third-order valence-corrected chi connectivity index (χ3v) is 2.66. The second kappa shape index (κ2) is 8.50. The number of rotatable bonds is 9. The Morgan fingerprint density at radius 1 is 1.38 bits per heavy atom. The molecule has 3 N–H and O–H groups in total. The van der Waals surface area contributed by atoms with Gasteiger partial charge in [-0.3, -0.25) is 4.79 Å². The maximum absolute atomic E-state index is 11.1. The van der Waals surface area contributed by atoms with E-state index in [0.717, 1.165) is 26.1 Å². The molecular formula is C11H26N4O. The molecule has 0 radical (unpaired) electrons. The zero-order valence-electron chi connectivity index (χ0n) is 11.0. The summed E-state index contributed by atoms with van der Waals surface area (Å²) in [4.78, 5) is 15.5. The smallest absolute Gasteiger partial charge is 0.235 e. The monoisotopic (exact) mass is 230 g/mol. The van der Waals surface area contributed by atoms with Crippen molar-refractivity contribution in [1.29, 1.82) is 0 Å². The predicted octanol–water partition coefficient (Wildman–Crippen LogP) is -0.667. The molecule has 0 aliphatic heterocycles. The van der Waals surface area contributed by atoms with Gasteiger partial charge in [-0.15, -0.1) is 0 Å². The van der Waals surface area contributed by atoms with Crippen LogP contribution in [0.2, 0.25) is 0 Å². The van der Waals surface area contributed by atoms with E-state index in [9.17, 15) is 4.79 Å². The maximum atomic E-state index is 11.1. The third-order valence-electron chi connectivity index (χ3n) is 2.66. The van der Waals surface area contributed by atoms with Gasteiger partial charge in [0.1, 0.15) is 0 Å². The molecular weight excluding hydrogens is 204 g/mol. The Morgan fingerprint density at radius 2 is 2.00 bits per heavy atom. The molecule has 0 heterocycles. The highest BCUT2D eigenvalue weighted by Gasteiger charge is 2.15. The molecule has 0 saturated heterocycles. The van der Waals surface area contributed by atoms with E-state index in [1.165, 1.54) is 0 Å². The number of nitrogens with one attached hydrogen (secondary N) is 1. The fourth-order valence-corrected chi connectivity index (χ4v) is 1.57. The Labute approximate surface area is 99.0 Å². The summed E-state index contributed by atoms with van der Waals surface area (Å²) in [6.07, 6.45) is 1.11. The Morgan fingerprint density at radius 3 is 2.38 bits per heavy atom. The number of nitrogens with zero attached hydrogens (tertiary/aromatic N) is 2. The average Bonchev–Trinajstić information content (AvgIpc) is 2.22. The molecule has 1 amide bonds. The van der Waals surface area contributed by atoms with E-state index < -0.39 is 0 Å². The molecule has 1 unspecified atom stereocenters. The normalized spacial score (nSPS) is 13.4. The number of likely N-dealkylation sites (N-methyl/N-ethyl adjacent to an activating group) is 2. The van der Waals surface area contributed by atoms with Crippen LogP contribution in [0.15, 0.2) is 0 Å². The van der Waals surface area contributed by atoms with E-state index in [1.54, 1.807) is 7.05 Å². The van der Waals surface area contributed by atoms with Crippen LogP contribution in [0.1, 0.15) is 13.3 Å². The topological polar surface area (TPSA) is 61.6 Å². The van der Waals surface area contributed by atoms with Crippen LogP contribution in [0.3, 0.4) is 0 Å². The van der Waals surface area contributed by atoms with Gasteiger partial charge in [0.15, 0.2) is 0 Å². The fourth-order valence-electron chi connectivity index (χ4n) is 1.57. The van der Waals surface area contributed by atoms with Gasteiger partial charge in [0.25, 0.3) is 0 Å². The van der Waals surface area contributed by atoms with Crippen molar-refractivity contribution in [3.05, 3.63) is 0 Å². The van der Waals surface area contributed by atoms with Crippen LogP contribution >= 0.6 is 0 Å². The molecule has 0 aromatic carbocycles. The summed E-state index contributed by atoms with van der Waals surface area (Å²) < 4.78 is 0. The van der Waals surface area contributed by atoms with Crippen molar-refractivity contribution in [3.8, 4) is 0 Å². The van der Waals surface area contributed by atoms with Gasteiger partial charge < -0.3 is 20.9 Å². The van der Waals surface area contributed by atoms with Crippen molar-refractivity contribution in [2.45, 2.75) is 19.4 Å². The summed E-state index contributed by atoms with van der Waals surface area (Å²) >= 11 is 0. The number of primary amides is 1. The van der Waals surface area contributed by atoms with Crippen molar-refractivity contribution >= 4 is 5.91 Å². The largest absolute Gasteiger partial charge is 0.368 e. The predicted molar refractivity (Wildman–Crippen MR) is 67.3 cm³/mol. The van der Waals surface area contributed by atoms with Crippen molar-refractivity contribution in [1.82, 2.24) is 15.1 Å². The van der Waals surface area contributed by atoms with Crippen molar-refractivity contribution in [2.75, 3.05) is 47.3 Å². The van der Waals surface area contributed by atoms with Crippen LogP contribution in [-0.4, -0.2) is 69.1 Å². The highest BCUT2D eigenvalue weighted by atomic mass is 16.1.